The van der Waals surface area contributed by atoms with Gasteiger partial charge in [-0.25, -0.2) is 0 Å². The lowest BCUT2D eigenvalue weighted by Crippen LogP contribution is -2.02. The molecule has 2 aromatic rings. The number of anilines is 1. The van der Waals surface area contributed by atoms with Crippen molar-refractivity contribution in [1.82, 2.24) is 0 Å². The Hall–Kier alpha value is -1.56. The fraction of sp³-hybridized carbons (Fsp3) is 0.0714. The van der Waals surface area contributed by atoms with Gasteiger partial charge in [0.15, 0.2) is 0 Å². The molecule has 0 saturated heterocycles. The highest BCUT2D eigenvalue weighted by Crippen LogP contribution is 2.33. The van der Waals surface area contributed by atoms with E-state index in [4.69, 9.17) is 34.8 Å². The Morgan fingerprint density at radius 3 is 2.41 bits per heavy atom. The van der Waals surface area contributed by atoms with Gasteiger partial charge in [-0.15, -0.1) is 0 Å². The summed E-state index contributed by atoms with van der Waals surface area (Å²) in [5.41, 5.74) is 3.63. The first kappa shape index (κ1) is 16.8. The van der Waals surface area contributed by atoms with Crippen molar-refractivity contribution in [3.63, 3.8) is 0 Å². The van der Waals surface area contributed by atoms with Gasteiger partial charge in [-0.3, -0.25) is 5.43 Å². The molecule has 0 spiro atoms. The molecule has 0 fully saturated rings. The van der Waals surface area contributed by atoms with Crippen molar-refractivity contribution in [2.24, 2.45) is 5.10 Å². The lowest BCUT2D eigenvalue weighted by atomic mass is 10.2. The number of rotatable bonds is 5. The maximum atomic E-state index is 12.1. The van der Waals surface area contributed by atoms with Gasteiger partial charge in [-0.2, -0.15) is 13.9 Å². The van der Waals surface area contributed by atoms with E-state index >= 15 is 0 Å². The second-order valence-electron chi connectivity index (χ2n) is 4.07. The molecule has 0 aromatic heterocycles. The average molecular weight is 366 g/mol. The number of halogens is 5. The quantitative estimate of drug-likeness (QED) is 0.545. The second-order valence-corrected chi connectivity index (χ2v) is 5.32. The summed E-state index contributed by atoms with van der Waals surface area (Å²) in [5, 5.41) is 4.98. The minimum absolute atomic E-state index is 0.0431. The van der Waals surface area contributed by atoms with E-state index in [9.17, 15) is 8.78 Å². The van der Waals surface area contributed by atoms with E-state index in [-0.39, 0.29) is 5.75 Å². The van der Waals surface area contributed by atoms with E-state index in [0.29, 0.717) is 26.3 Å². The van der Waals surface area contributed by atoms with Gasteiger partial charge < -0.3 is 4.74 Å². The van der Waals surface area contributed by atoms with Crippen LogP contribution in [0.2, 0.25) is 15.1 Å². The summed E-state index contributed by atoms with van der Waals surface area (Å²) in [5.74, 6) is 0.0431. The molecule has 2 aromatic carbocycles. The summed E-state index contributed by atoms with van der Waals surface area (Å²) in [4.78, 5) is 0. The molecule has 0 unspecified atom stereocenters. The van der Waals surface area contributed by atoms with Gasteiger partial charge in [0.05, 0.1) is 21.9 Å². The molecule has 22 heavy (non-hydrogen) atoms. The number of hydrogen-bond acceptors (Lipinski definition) is 3. The first-order valence-corrected chi connectivity index (χ1v) is 7.07. The molecule has 2 rings (SSSR count). The van der Waals surface area contributed by atoms with Gasteiger partial charge in [-0.1, -0.05) is 46.9 Å². The molecule has 0 aliphatic carbocycles. The predicted molar refractivity (Wildman–Crippen MR) is 85.8 cm³/mol. The smallest absolute Gasteiger partial charge is 0.387 e. The highest BCUT2D eigenvalue weighted by molar-refractivity contribution is 6.41. The zero-order valence-corrected chi connectivity index (χ0v) is 13.1. The lowest BCUT2D eigenvalue weighted by molar-refractivity contribution is -0.0498. The van der Waals surface area contributed by atoms with Crippen LogP contribution in [0.25, 0.3) is 0 Å². The van der Waals surface area contributed by atoms with E-state index in [0.717, 1.165) is 0 Å². The van der Waals surface area contributed by atoms with Crippen LogP contribution in [0.3, 0.4) is 0 Å². The van der Waals surface area contributed by atoms with Crippen LogP contribution in [0.1, 0.15) is 5.56 Å². The van der Waals surface area contributed by atoms with Crippen LogP contribution in [0, 0.1) is 0 Å². The van der Waals surface area contributed by atoms with Crippen LogP contribution in [-0.2, 0) is 0 Å². The Morgan fingerprint density at radius 2 is 1.77 bits per heavy atom. The van der Waals surface area contributed by atoms with Gasteiger partial charge in [-0.05, 0) is 29.8 Å². The van der Waals surface area contributed by atoms with Crippen LogP contribution >= 0.6 is 34.8 Å². The molecule has 0 saturated carbocycles. The number of hydrogen-bond donors (Lipinski definition) is 1. The first-order valence-electron chi connectivity index (χ1n) is 5.94. The summed E-state index contributed by atoms with van der Waals surface area (Å²) in [6.45, 7) is -2.88. The van der Waals surface area contributed by atoms with Crippen LogP contribution in [0.5, 0.6) is 5.75 Å². The predicted octanol–water partition coefficient (Wildman–Crippen LogP) is 5.69. The van der Waals surface area contributed by atoms with Crippen LogP contribution in [0.15, 0.2) is 41.5 Å². The molecule has 0 aliphatic heterocycles. The normalized spacial score (nSPS) is 11.2. The van der Waals surface area contributed by atoms with E-state index in [1.54, 1.807) is 12.1 Å². The van der Waals surface area contributed by atoms with Crippen molar-refractivity contribution in [1.29, 1.82) is 0 Å². The minimum atomic E-state index is -2.88. The Kier molecular flexibility index (Phi) is 5.83. The van der Waals surface area contributed by atoms with E-state index in [2.05, 4.69) is 15.3 Å². The maximum Gasteiger partial charge on any atom is 0.387 e. The largest absolute Gasteiger partial charge is 0.435 e. The zero-order chi connectivity index (χ0) is 16.1. The summed E-state index contributed by atoms with van der Waals surface area (Å²) < 4.78 is 28.6. The molecule has 116 valence electrons. The molecular formula is C14H9Cl3F2N2O. The number of ether oxygens (including phenoxy) is 1. The number of benzene rings is 2. The summed E-state index contributed by atoms with van der Waals surface area (Å²) in [6.07, 6.45) is 1.42. The van der Waals surface area contributed by atoms with Crippen molar-refractivity contribution in [2.75, 3.05) is 5.43 Å². The molecule has 0 aliphatic rings. The van der Waals surface area contributed by atoms with E-state index in [1.807, 2.05) is 0 Å². The highest BCUT2D eigenvalue weighted by Gasteiger charge is 2.07. The van der Waals surface area contributed by atoms with Crippen LogP contribution in [-0.4, -0.2) is 12.8 Å². The Balaban J connectivity index is 2.10. The third-order valence-electron chi connectivity index (χ3n) is 2.48. The van der Waals surface area contributed by atoms with Crippen molar-refractivity contribution >= 4 is 46.7 Å². The Bertz CT molecular complexity index is 673. The highest BCUT2D eigenvalue weighted by atomic mass is 35.5. The topological polar surface area (TPSA) is 33.6 Å². The summed E-state index contributed by atoms with van der Waals surface area (Å²) >= 11 is 17.8. The molecule has 0 radical (unpaired) electrons. The van der Waals surface area contributed by atoms with Crippen LogP contribution in [0.4, 0.5) is 14.5 Å². The second kappa shape index (κ2) is 7.63. The first-order chi connectivity index (χ1) is 10.5. The maximum absolute atomic E-state index is 12.1. The van der Waals surface area contributed by atoms with Gasteiger partial charge in [0.1, 0.15) is 5.75 Å². The average Bonchev–Trinajstić information content (AvgIpc) is 2.41. The number of nitrogens with one attached hydrogen (secondary N) is 1. The Morgan fingerprint density at radius 1 is 1.09 bits per heavy atom. The molecule has 8 heteroatoms. The van der Waals surface area contributed by atoms with Crippen molar-refractivity contribution in [3.05, 3.63) is 57.0 Å². The third-order valence-corrected chi connectivity index (χ3v) is 3.29. The van der Waals surface area contributed by atoms with Gasteiger partial charge in [0.25, 0.3) is 0 Å². The zero-order valence-electron chi connectivity index (χ0n) is 10.9. The monoisotopic (exact) mass is 364 g/mol. The van der Waals surface area contributed by atoms with Crippen molar-refractivity contribution in [3.8, 4) is 5.75 Å². The molecular weight excluding hydrogens is 357 g/mol. The molecule has 0 bridgehead atoms. The van der Waals surface area contributed by atoms with Gasteiger partial charge in [0, 0.05) is 5.02 Å². The molecule has 3 nitrogen and oxygen atoms in total. The molecule has 0 heterocycles. The molecule has 0 amide bonds. The van der Waals surface area contributed by atoms with Crippen LogP contribution < -0.4 is 10.2 Å². The number of alkyl halides is 2. The van der Waals surface area contributed by atoms with E-state index in [1.165, 1.54) is 30.5 Å². The van der Waals surface area contributed by atoms with Gasteiger partial charge >= 0.3 is 6.61 Å². The standard InChI is InChI=1S/C14H9Cl3F2N2O/c15-9-5-11(16)13(12(17)6-9)21-20-7-8-2-1-3-10(4-8)22-14(18)19/h1-7,14,21H/b20-7-. The number of hydrazone groups is 1. The fourth-order valence-electron chi connectivity index (χ4n) is 1.59. The van der Waals surface area contributed by atoms with E-state index < -0.39 is 6.61 Å². The SMILES string of the molecule is FC(F)Oc1cccc(/C=N\Nc2c(Cl)cc(Cl)cc2Cl)c1. The summed E-state index contributed by atoms with van der Waals surface area (Å²) in [6, 6.07) is 9.12. The molecule has 0 atom stereocenters. The lowest BCUT2D eigenvalue weighted by Gasteiger charge is -2.07. The van der Waals surface area contributed by atoms with Gasteiger partial charge in [0.2, 0.25) is 0 Å². The number of nitrogens with zero attached hydrogens (tertiary/aromatic N) is 1. The fourth-order valence-corrected chi connectivity index (χ4v) is 2.49. The minimum Gasteiger partial charge on any atom is -0.435 e. The molecule has 1 N–H and O–H groups in total. The third kappa shape index (κ3) is 4.73. The van der Waals surface area contributed by atoms with Crippen molar-refractivity contribution < 1.29 is 13.5 Å². The Labute approximate surface area is 140 Å². The van der Waals surface area contributed by atoms with Crippen molar-refractivity contribution in [2.45, 2.75) is 6.61 Å². The summed E-state index contributed by atoms with van der Waals surface area (Å²) in [7, 11) is 0.